The number of rotatable bonds is 1. The first-order valence-corrected chi connectivity index (χ1v) is 3.45. The molecule has 0 aliphatic heterocycles. The SMILES string of the molecule is C/C=C/c1cc(N)sn1. The Morgan fingerprint density at radius 2 is 2.56 bits per heavy atom. The standard InChI is InChI=1S/C6H8N2S/c1-2-3-5-4-6(7)9-8-5/h2-4H,7H2,1H3/b3-2+. The van der Waals surface area contributed by atoms with Gasteiger partial charge in [0, 0.05) is 0 Å². The number of nitrogen functional groups attached to an aromatic ring is 1. The van der Waals surface area contributed by atoms with Crippen LogP contribution in [0.2, 0.25) is 0 Å². The molecule has 0 atom stereocenters. The van der Waals surface area contributed by atoms with Gasteiger partial charge in [0.2, 0.25) is 0 Å². The Morgan fingerprint density at radius 1 is 1.78 bits per heavy atom. The summed E-state index contributed by atoms with van der Waals surface area (Å²) >= 11 is 1.32. The van der Waals surface area contributed by atoms with Crippen molar-refractivity contribution >= 4 is 22.6 Å². The van der Waals surface area contributed by atoms with Crippen LogP contribution < -0.4 is 5.73 Å². The molecule has 0 radical (unpaired) electrons. The highest BCUT2D eigenvalue weighted by atomic mass is 32.1. The lowest BCUT2D eigenvalue weighted by molar-refractivity contribution is 1.51. The number of hydrogen-bond donors (Lipinski definition) is 1. The van der Waals surface area contributed by atoms with Crippen molar-refractivity contribution in [2.75, 3.05) is 5.73 Å². The number of allylic oxidation sites excluding steroid dienone is 1. The number of nitrogens with zero attached hydrogens (tertiary/aromatic N) is 1. The van der Waals surface area contributed by atoms with Gasteiger partial charge in [0.25, 0.3) is 0 Å². The molecule has 0 aliphatic carbocycles. The molecule has 1 aromatic heterocycles. The first kappa shape index (κ1) is 6.29. The molecule has 0 spiro atoms. The van der Waals surface area contributed by atoms with Crippen molar-refractivity contribution in [2.24, 2.45) is 0 Å². The molecular formula is C6H8N2S. The molecule has 0 aromatic carbocycles. The van der Waals surface area contributed by atoms with E-state index in [0.717, 1.165) is 10.7 Å². The van der Waals surface area contributed by atoms with Crippen molar-refractivity contribution in [1.29, 1.82) is 0 Å². The highest BCUT2D eigenvalue weighted by molar-refractivity contribution is 7.10. The molecule has 0 bridgehead atoms. The summed E-state index contributed by atoms with van der Waals surface area (Å²) in [5.74, 6) is 0. The third-order valence-electron chi connectivity index (χ3n) is 0.884. The van der Waals surface area contributed by atoms with Crippen LogP contribution in [-0.2, 0) is 0 Å². The van der Waals surface area contributed by atoms with Gasteiger partial charge in [0.15, 0.2) is 0 Å². The summed E-state index contributed by atoms with van der Waals surface area (Å²) in [6, 6.07) is 1.85. The molecule has 0 saturated carbocycles. The van der Waals surface area contributed by atoms with E-state index in [-0.39, 0.29) is 0 Å². The summed E-state index contributed by atoms with van der Waals surface area (Å²) in [6.07, 6.45) is 3.86. The first-order valence-electron chi connectivity index (χ1n) is 2.68. The summed E-state index contributed by atoms with van der Waals surface area (Å²) in [5, 5.41) is 0.767. The van der Waals surface area contributed by atoms with Crippen molar-refractivity contribution < 1.29 is 0 Å². The summed E-state index contributed by atoms with van der Waals surface area (Å²) in [4.78, 5) is 0. The van der Waals surface area contributed by atoms with Gasteiger partial charge >= 0.3 is 0 Å². The quantitative estimate of drug-likeness (QED) is 0.645. The maximum atomic E-state index is 5.43. The third-order valence-corrected chi connectivity index (χ3v) is 1.51. The monoisotopic (exact) mass is 140 g/mol. The van der Waals surface area contributed by atoms with Gasteiger partial charge in [0.05, 0.1) is 5.69 Å². The molecule has 1 aromatic rings. The second kappa shape index (κ2) is 2.64. The van der Waals surface area contributed by atoms with Gasteiger partial charge in [-0.2, -0.15) is 4.37 Å². The second-order valence-electron chi connectivity index (χ2n) is 1.65. The lowest BCUT2D eigenvalue weighted by Crippen LogP contribution is -1.73. The van der Waals surface area contributed by atoms with Crippen LogP contribution >= 0.6 is 11.5 Å². The van der Waals surface area contributed by atoms with Crippen LogP contribution in [0, 0.1) is 0 Å². The maximum Gasteiger partial charge on any atom is 0.107 e. The molecular weight excluding hydrogens is 132 g/mol. The fourth-order valence-corrected chi connectivity index (χ4v) is 1.05. The van der Waals surface area contributed by atoms with Gasteiger partial charge in [0.1, 0.15) is 5.00 Å². The minimum atomic E-state index is 0.767. The molecule has 0 saturated heterocycles. The number of anilines is 1. The average Bonchev–Trinajstić information content (AvgIpc) is 2.17. The zero-order valence-electron chi connectivity index (χ0n) is 5.16. The molecule has 1 heterocycles. The molecule has 3 heteroatoms. The van der Waals surface area contributed by atoms with Crippen LogP contribution in [0.4, 0.5) is 5.00 Å². The average molecular weight is 140 g/mol. The summed E-state index contributed by atoms with van der Waals surface area (Å²) in [7, 11) is 0. The second-order valence-corrected chi connectivity index (χ2v) is 2.49. The van der Waals surface area contributed by atoms with Crippen molar-refractivity contribution in [3.05, 3.63) is 17.8 Å². The number of nitrogens with two attached hydrogens (primary N) is 1. The minimum absolute atomic E-state index is 0.767. The smallest absolute Gasteiger partial charge is 0.107 e. The molecule has 2 N–H and O–H groups in total. The minimum Gasteiger partial charge on any atom is -0.389 e. The summed E-state index contributed by atoms with van der Waals surface area (Å²) in [5.41, 5.74) is 6.38. The lowest BCUT2D eigenvalue weighted by Gasteiger charge is -1.74. The molecule has 0 amide bonds. The Morgan fingerprint density at radius 3 is 3.00 bits per heavy atom. The van der Waals surface area contributed by atoms with E-state index < -0.39 is 0 Å². The van der Waals surface area contributed by atoms with Crippen LogP contribution in [0.15, 0.2) is 12.1 Å². The van der Waals surface area contributed by atoms with E-state index >= 15 is 0 Å². The largest absolute Gasteiger partial charge is 0.389 e. The molecule has 2 nitrogen and oxygen atoms in total. The predicted octanol–water partition coefficient (Wildman–Crippen LogP) is 1.76. The van der Waals surface area contributed by atoms with Crippen molar-refractivity contribution in [1.82, 2.24) is 4.37 Å². The van der Waals surface area contributed by atoms with Gasteiger partial charge in [-0.1, -0.05) is 6.08 Å². The zero-order valence-corrected chi connectivity index (χ0v) is 5.98. The third kappa shape index (κ3) is 1.54. The van der Waals surface area contributed by atoms with Crippen LogP contribution in [0.5, 0.6) is 0 Å². The molecule has 1 rings (SSSR count). The fraction of sp³-hybridized carbons (Fsp3) is 0.167. The van der Waals surface area contributed by atoms with Crippen molar-refractivity contribution in [3.8, 4) is 0 Å². The predicted molar refractivity (Wildman–Crippen MR) is 41.2 cm³/mol. The Balaban J connectivity index is 2.85. The van der Waals surface area contributed by atoms with Gasteiger partial charge in [-0.3, -0.25) is 0 Å². The molecule has 9 heavy (non-hydrogen) atoms. The molecule has 0 unspecified atom stereocenters. The van der Waals surface area contributed by atoms with E-state index in [2.05, 4.69) is 4.37 Å². The van der Waals surface area contributed by atoms with Crippen molar-refractivity contribution in [3.63, 3.8) is 0 Å². The Kier molecular flexibility index (Phi) is 1.85. The van der Waals surface area contributed by atoms with Crippen LogP contribution in [-0.4, -0.2) is 4.37 Å². The van der Waals surface area contributed by atoms with Gasteiger partial charge < -0.3 is 5.73 Å². The van der Waals surface area contributed by atoms with Crippen molar-refractivity contribution in [2.45, 2.75) is 6.92 Å². The van der Waals surface area contributed by atoms with Gasteiger partial charge in [-0.15, -0.1) is 0 Å². The van der Waals surface area contributed by atoms with E-state index in [1.165, 1.54) is 11.5 Å². The van der Waals surface area contributed by atoms with E-state index in [0.29, 0.717) is 0 Å². The first-order chi connectivity index (χ1) is 4.33. The fourth-order valence-electron chi connectivity index (χ4n) is 0.553. The van der Waals surface area contributed by atoms with Gasteiger partial charge in [-0.25, -0.2) is 0 Å². The highest BCUT2D eigenvalue weighted by Crippen LogP contribution is 2.11. The number of hydrogen-bond acceptors (Lipinski definition) is 3. The van der Waals surface area contributed by atoms with Crippen LogP contribution in [0.25, 0.3) is 6.08 Å². The number of aromatic nitrogens is 1. The molecule has 0 fully saturated rings. The van der Waals surface area contributed by atoms with Crippen LogP contribution in [0.3, 0.4) is 0 Å². The Hall–Kier alpha value is -0.830. The van der Waals surface area contributed by atoms with E-state index in [1.54, 1.807) is 0 Å². The van der Waals surface area contributed by atoms with E-state index in [9.17, 15) is 0 Å². The summed E-state index contributed by atoms with van der Waals surface area (Å²) in [6.45, 7) is 1.95. The molecule has 48 valence electrons. The summed E-state index contributed by atoms with van der Waals surface area (Å²) < 4.78 is 4.04. The van der Waals surface area contributed by atoms with E-state index in [4.69, 9.17) is 5.73 Å². The normalized spacial score (nSPS) is 10.8. The lowest BCUT2D eigenvalue weighted by atomic mass is 10.4. The maximum absolute atomic E-state index is 5.43. The highest BCUT2D eigenvalue weighted by Gasteiger charge is 1.90. The topological polar surface area (TPSA) is 38.9 Å². The Bertz CT molecular complexity index is 215. The van der Waals surface area contributed by atoms with Gasteiger partial charge in [-0.05, 0) is 30.6 Å². The van der Waals surface area contributed by atoms with E-state index in [1.807, 2.05) is 25.1 Å². The van der Waals surface area contributed by atoms with Crippen LogP contribution in [0.1, 0.15) is 12.6 Å². The zero-order chi connectivity index (χ0) is 6.69. The Labute approximate surface area is 58.2 Å². The molecule has 0 aliphatic rings.